The van der Waals surface area contributed by atoms with E-state index < -0.39 is 6.10 Å². The smallest absolute Gasteiger partial charge is 0.124 e. The van der Waals surface area contributed by atoms with Gasteiger partial charge in [-0.3, -0.25) is 0 Å². The monoisotopic (exact) mass is 278 g/mol. The van der Waals surface area contributed by atoms with E-state index in [0.29, 0.717) is 12.7 Å². The van der Waals surface area contributed by atoms with E-state index >= 15 is 0 Å². The van der Waals surface area contributed by atoms with Crippen LogP contribution in [-0.2, 0) is 4.74 Å². The molecule has 1 aromatic rings. The number of methoxy groups -OCH3 is 1. The van der Waals surface area contributed by atoms with Crippen molar-refractivity contribution in [2.24, 2.45) is 5.92 Å². The summed E-state index contributed by atoms with van der Waals surface area (Å²) >= 11 is 0. The van der Waals surface area contributed by atoms with Crippen LogP contribution in [0.1, 0.15) is 49.8 Å². The lowest BCUT2D eigenvalue weighted by Crippen LogP contribution is -2.23. The van der Waals surface area contributed by atoms with Crippen LogP contribution >= 0.6 is 0 Å². The molecule has 1 aliphatic carbocycles. The molecule has 0 saturated heterocycles. The highest BCUT2D eigenvalue weighted by Crippen LogP contribution is 2.29. The zero-order valence-electron chi connectivity index (χ0n) is 12.8. The molecule has 112 valence electrons. The average Bonchev–Trinajstić information content (AvgIpc) is 2.46. The van der Waals surface area contributed by atoms with Crippen LogP contribution in [0.4, 0.5) is 0 Å². The van der Waals surface area contributed by atoms with Gasteiger partial charge < -0.3 is 14.6 Å². The number of aliphatic hydroxyl groups is 1. The van der Waals surface area contributed by atoms with Crippen molar-refractivity contribution in [2.45, 2.75) is 51.7 Å². The van der Waals surface area contributed by atoms with Crippen molar-refractivity contribution in [1.82, 2.24) is 0 Å². The fraction of sp³-hybridized carbons (Fsp3) is 0.647. The number of aryl methyl sites for hydroxylation is 1. The van der Waals surface area contributed by atoms with Crippen molar-refractivity contribution >= 4 is 0 Å². The summed E-state index contributed by atoms with van der Waals surface area (Å²) in [6.45, 7) is 4.65. The highest BCUT2D eigenvalue weighted by Gasteiger charge is 2.21. The molecule has 0 heterocycles. The summed E-state index contributed by atoms with van der Waals surface area (Å²) in [5, 5.41) is 10.3. The van der Waals surface area contributed by atoms with E-state index in [-0.39, 0.29) is 0 Å². The molecule has 0 aliphatic heterocycles. The molecule has 1 aliphatic rings. The maximum absolute atomic E-state index is 10.3. The minimum Gasteiger partial charge on any atom is -0.496 e. The SMILES string of the molecule is COc1ccc(C)cc1C(O)COC1CCC(C)CC1. The third kappa shape index (κ3) is 3.97. The molecule has 0 bridgehead atoms. The van der Waals surface area contributed by atoms with Crippen LogP contribution in [0.2, 0.25) is 0 Å². The Morgan fingerprint density at radius 2 is 1.95 bits per heavy atom. The minimum absolute atomic E-state index is 0.302. The molecule has 1 aromatic carbocycles. The molecule has 0 aromatic heterocycles. The van der Waals surface area contributed by atoms with E-state index in [1.165, 1.54) is 12.8 Å². The second kappa shape index (κ2) is 7.09. The van der Waals surface area contributed by atoms with Gasteiger partial charge in [-0.2, -0.15) is 0 Å². The zero-order chi connectivity index (χ0) is 14.5. The minimum atomic E-state index is -0.621. The van der Waals surface area contributed by atoms with E-state index in [4.69, 9.17) is 9.47 Å². The van der Waals surface area contributed by atoms with Gasteiger partial charge >= 0.3 is 0 Å². The molecule has 2 rings (SSSR count). The van der Waals surface area contributed by atoms with Crippen LogP contribution in [0, 0.1) is 12.8 Å². The average molecular weight is 278 g/mol. The van der Waals surface area contributed by atoms with E-state index in [0.717, 1.165) is 35.6 Å². The first kappa shape index (κ1) is 15.3. The van der Waals surface area contributed by atoms with Crippen molar-refractivity contribution in [3.05, 3.63) is 29.3 Å². The van der Waals surface area contributed by atoms with Crippen LogP contribution in [0.25, 0.3) is 0 Å². The first-order valence-corrected chi connectivity index (χ1v) is 7.54. The first-order chi connectivity index (χ1) is 9.60. The normalized spacial score (nSPS) is 24.4. The highest BCUT2D eigenvalue weighted by atomic mass is 16.5. The maximum atomic E-state index is 10.3. The van der Waals surface area contributed by atoms with Gasteiger partial charge in [-0.15, -0.1) is 0 Å². The fourth-order valence-corrected chi connectivity index (χ4v) is 2.83. The summed E-state index contributed by atoms with van der Waals surface area (Å²) in [4.78, 5) is 0. The van der Waals surface area contributed by atoms with Crippen molar-refractivity contribution in [3.8, 4) is 5.75 Å². The van der Waals surface area contributed by atoms with Gasteiger partial charge in [-0.05, 0) is 50.7 Å². The number of rotatable bonds is 5. The van der Waals surface area contributed by atoms with Crippen LogP contribution < -0.4 is 4.74 Å². The molecule has 0 radical (unpaired) electrons. The molecule has 20 heavy (non-hydrogen) atoms. The molecular weight excluding hydrogens is 252 g/mol. The molecule has 1 saturated carbocycles. The van der Waals surface area contributed by atoms with Gasteiger partial charge in [0.1, 0.15) is 11.9 Å². The molecule has 0 spiro atoms. The Bertz CT molecular complexity index is 422. The topological polar surface area (TPSA) is 38.7 Å². The summed E-state index contributed by atoms with van der Waals surface area (Å²) in [5.74, 6) is 1.54. The fourth-order valence-electron chi connectivity index (χ4n) is 2.83. The van der Waals surface area contributed by atoms with Gasteiger partial charge in [0, 0.05) is 5.56 Å². The van der Waals surface area contributed by atoms with Gasteiger partial charge in [0.2, 0.25) is 0 Å². The largest absolute Gasteiger partial charge is 0.496 e. The van der Waals surface area contributed by atoms with Crippen molar-refractivity contribution in [2.75, 3.05) is 13.7 Å². The second-order valence-corrected chi connectivity index (χ2v) is 5.98. The number of aliphatic hydroxyl groups excluding tert-OH is 1. The lowest BCUT2D eigenvalue weighted by Gasteiger charge is -2.27. The zero-order valence-corrected chi connectivity index (χ0v) is 12.8. The van der Waals surface area contributed by atoms with Crippen molar-refractivity contribution in [3.63, 3.8) is 0 Å². The third-order valence-corrected chi connectivity index (χ3v) is 4.20. The molecule has 1 N–H and O–H groups in total. The Morgan fingerprint density at radius 3 is 2.60 bits per heavy atom. The van der Waals surface area contributed by atoms with E-state index in [9.17, 15) is 5.11 Å². The Kier molecular flexibility index (Phi) is 5.44. The second-order valence-electron chi connectivity index (χ2n) is 5.98. The third-order valence-electron chi connectivity index (χ3n) is 4.20. The molecule has 0 amide bonds. The summed E-state index contributed by atoms with van der Waals surface area (Å²) in [6, 6.07) is 5.85. The van der Waals surface area contributed by atoms with Crippen LogP contribution in [0.5, 0.6) is 5.75 Å². The summed E-state index contributed by atoms with van der Waals surface area (Å²) in [5.41, 5.74) is 1.93. The summed E-state index contributed by atoms with van der Waals surface area (Å²) in [7, 11) is 1.63. The van der Waals surface area contributed by atoms with Gasteiger partial charge in [0.25, 0.3) is 0 Å². The lowest BCUT2D eigenvalue weighted by molar-refractivity contribution is -0.0299. The molecule has 1 atom stereocenters. The van der Waals surface area contributed by atoms with Gasteiger partial charge in [-0.25, -0.2) is 0 Å². The summed E-state index contributed by atoms with van der Waals surface area (Å²) in [6.07, 6.45) is 4.36. The van der Waals surface area contributed by atoms with E-state index in [2.05, 4.69) is 6.92 Å². The predicted octanol–water partition coefficient (Wildman–Crippen LogP) is 3.63. The first-order valence-electron chi connectivity index (χ1n) is 7.54. The van der Waals surface area contributed by atoms with E-state index in [1.807, 2.05) is 25.1 Å². The Hall–Kier alpha value is -1.06. The summed E-state index contributed by atoms with van der Waals surface area (Å²) < 4.78 is 11.2. The quantitative estimate of drug-likeness (QED) is 0.894. The Morgan fingerprint density at radius 1 is 1.25 bits per heavy atom. The van der Waals surface area contributed by atoms with Crippen LogP contribution in [0.3, 0.4) is 0 Å². The van der Waals surface area contributed by atoms with Crippen molar-refractivity contribution < 1.29 is 14.6 Å². The van der Waals surface area contributed by atoms with Crippen LogP contribution in [-0.4, -0.2) is 24.9 Å². The van der Waals surface area contributed by atoms with Crippen LogP contribution in [0.15, 0.2) is 18.2 Å². The molecule has 1 fully saturated rings. The lowest BCUT2D eigenvalue weighted by atomic mass is 9.89. The number of hydrogen-bond donors (Lipinski definition) is 1. The van der Waals surface area contributed by atoms with Crippen molar-refractivity contribution in [1.29, 1.82) is 0 Å². The van der Waals surface area contributed by atoms with Gasteiger partial charge in [0.05, 0.1) is 19.8 Å². The molecular formula is C17H26O3. The molecule has 3 heteroatoms. The maximum Gasteiger partial charge on any atom is 0.124 e. The number of benzene rings is 1. The molecule has 1 unspecified atom stereocenters. The Labute approximate surface area is 121 Å². The number of ether oxygens (including phenoxy) is 2. The van der Waals surface area contributed by atoms with Gasteiger partial charge in [-0.1, -0.05) is 18.6 Å². The van der Waals surface area contributed by atoms with Gasteiger partial charge in [0.15, 0.2) is 0 Å². The highest BCUT2D eigenvalue weighted by molar-refractivity contribution is 5.38. The van der Waals surface area contributed by atoms with E-state index in [1.54, 1.807) is 7.11 Å². The molecule has 3 nitrogen and oxygen atoms in total. The number of hydrogen-bond acceptors (Lipinski definition) is 3. The Balaban J connectivity index is 1.91. The standard InChI is InChI=1S/C17H26O3/c1-12-4-7-14(8-5-12)20-11-16(18)15-10-13(2)6-9-17(15)19-3/h6,9-10,12,14,16,18H,4-5,7-8,11H2,1-3H3. The predicted molar refractivity (Wildman–Crippen MR) is 80.1 cm³/mol.